The van der Waals surface area contributed by atoms with Crippen molar-refractivity contribution in [1.82, 2.24) is 10.1 Å². The Labute approximate surface area is 112 Å². The number of rotatable bonds is 2. The molecule has 20 heavy (non-hydrogen) atoms. The Hall–Kier alpha value is -2.89. The van der Waals surface area contributed by atoms with E-state index in [1.54, 1.807) is 12.1 Å². The fourth-order valence-electron chi connectivity index (χ4n) is 1.78. The second kappa shape index (κ2) is 4.65. The molecule has 0 aliphatic rings. The van der Waals surface area contributed by atoms with E-state index >= 15 is 0 Å². The summed E-state index contributed by atoms with van der Waals surface area (Å²) < 4.78 is 18.2. The van der Waals surface area contributed by atoms with Crippen LogP contribution in [-0.4, -0.2) is 20.4 Å². The van der Waals surface area contributed by atoms with Crippen molar-refractivity contribution in [3.05, 3.63) is 48.3 Å². The molecule has 0 unspecified atom stereocenters. The van der Waals surface area contributed by atoms with E-state index in [2.05, 4.69) is 10.1 Å². The third kappa shape index (κ3) is 2.18. The molecule has 5 nitrogen and oxygen atoms in total. The fraction of sp³-hybridized carbons (Fsp3) is 0. The maximum atomic E-state index is 13.1. The zero-order valence-electron chi connectivity index (χ0n) is 10.1. The average Bonchev–Trinajstić information content (AvgIpc) is 2.88. The molecule has 0 fully saturated rings. The van der Waals surface area contributed by atoms with E-state index in [1.165, 1.54) is 30.3 Å². The molecular formula is C14H9FN2O3. The molecule has 3 rings (SSSR count). The standard InChI is InChI=1S/C14H9FN2O3/c15-9-3-1-2-8(6-9)13-16-14(20-17-13)11-5-4-10(18)7-12(11)19/h1-7,18-19H. The van der Waals surface area contributed by atoms with Crippen LogP contribution in [0.25, 0.3) is 22.8 Å². The van der Waals surface area contributed by atoms with Crippen molar-refractivity contribution >= 4 is 0 Å². The van der Waals surface area contributed by atoms with Gasteiger partial charge in [-0.25, -0.2) is 4.39 Å². The summed E-state index contributed by atoms with van der Waals surface area (Å²) in [6.07, 6.45) is 0. The van der Waals surface area contributed by atoms with Gasteiger partial charge in [-0.1, -0.05) is 17.3 Å². The lowest BCUT2D eigenvalue weighted by Crippen LogP contribution is -1.83. The van der Waals surface area contributed by atoms with E-state index in [4.69, 9.17) is 4.52 Å². The molecule has 0 saturated heterocycles. The number of hydrogen-bond donors (Lipinski definition) is 2. The minimum absolute atomic E-state index is 0.0730. The van der Waals surface area contributed by atoms with Crippen molar-refractivity contribution < 1.29 is 19.1 Å². The largest absolute Gasteiger partial charge is 0.508 e. The molecule has 2 aromatic carbocycles. The lowest BCUT2D eigenvalue weighted by molar-refractivity contribution is 0.423. The maximum Gasteiger partial charge on any atom is 0.262 e. The highest BCUT2D eigenvalue weighted by molar-refractivity contribution is 5.66. The van der Waals surface area contributed by atoms with E-state index in [9.17, 15) is 14.6 Å². The monoisotopic (exact) mass is 272 g/mol. The lowest BCUT2D eigenvalue weighted by Gasteiger charge is -1.99. The second-order valence-corrected chi connectivity index (χ2v) is 4.13. The van der Waals surface area contributed by atoms with Gasteiger partial charge >= 0.3 is 0 Å². The van der Waals surface area contributed by atoms with Gasteiger partial charge < -0.3 is 14.7 Å². The van der Waals surface area contributed by atoms with Crippen molar-refractivity contribution in [3.8, 4) is 34.3 Å². The van der Waals surface area contributed by atoms with Crippen LogP contribution < -0.4 is 0 Å². The Kier molecular flexibility index (Phi) is 2.83. The van der Waals surface area contributed by atoms with Crippen molar-refractivity contribution in [2.24, 2.45) is 0 Å². The first-order chi connectivity index (χ1) is 9.63. The van der Waals surface area contributed by atoms with Gasteiger partial charge in [-0.15, -0.1) is 0 Å². The van der Waals surface area contributed by atoms with Gasteiger partial charge in [0, 0.05) is 11.6 Å². The molecule has 2 N–H and O–H groups in total. The van der Waals surface area contributed by atoms with E-state index in [-0.39, 0.29) is 28.8 Å². The number of benzene rings is 2. The SMILES string of the molecule is Oc1ccc(-c2nc(-c3cccc(F)c3)no2)c(O)c1. The fourth-order valence-corrected chi connectivity index (χ4v) is 1.78. The van der Waals surface area contributed by atoms with Crippen LogP contribution in [0.4, 0.5) is 4.39 Å². The summed E-state index contributed by atoms with van der Waals surface area (Å²) in [6, 6.07) is 9.80. The molecule has 0 radical (unpaired) electrons. The smallest absolute Gasteiger partial charge is 0.262 e. The normalized spacial score (nSPS) is 10.7. The zero-order valence-corrected chi connectivity index (χ0v) is 10.1. The van der Waals surface area contributed by atoms with Crippen molar-refractivity contribution in [1.29, 1.82) is 0 Å². The average molecular weight is 272 g/mol. The molecule has 0 spiro atoms. The third-order valence-electron chi connectivity index (χ3n) is 2.72. The Bertz CT molecular complexity index is 771. The minimum Gasteiger partial charge on any atom is -0.508 e. The molecule has 0 bridgehead atoms. The summed E-state index contributed by atoms with van der Waals surface area (Å²) in [4.78, 5) is 4.10. The predicted octanol–water partition coefficient (Wildman–Crippen LogP) is 2.95. The van der Waals surface area contributed by atoms with Gasteiger partial charge in [-0.05, 0) is 24.3 Å². The Morgan fingerprint density at radius 3 is 2.65 bits per heavy atom. The first-order valence-electron chi connectivity index (χ1n) is 5.75. The minimum atomic E-state index is -0.402. The topological polar surface area (TPSA) is 79.4 Å². The van der Waals surface area contributed by atoms with Gasteiger partial charge in [0.05, 0.1) is 5.56 Å². The van der Waals surface area contributed by atoms with E-state index in [0.29, 0.717) is 5.56 Å². The molecule has 3 aromatic rings. The number of hydrogen-bond acceptors (Lipinski definition) is 5. The highest BCUT2D eigenvalue weighted by atomic mass is 19.1. The Morgan fingerprint density at radius 2 is 1.90 bits per heavy atom. The van der Waals surface area contributed by atoms with Crippen LogP contribution in [0.2, 0.25) is 0 Å². The molecular weight excluding hydrogens is 263 g/mol. The molecule has 1 heterocycles. The highest BCUT2D eigenvalue weighted by Crippen LogP contribution is 2.32. The van der Waals surface area contributed by atoms with Crippen LogP contribution in [-0.2, 0) is 0 Å². The lowest BCUT2D eigenvalue weighted by atomic mass is 10.2. The summed E-state index contributed by atoms with van der Waals surface area (Å²) in [5, 5.41) is 22.7. The number of halogens is 1. The van der Waals surface area contributed by atoms with Gasteiger partial charge in [-0.3, -0.25) is 0 Å². The van der Waals surface area contributed by atoms with Crippen LogP contribution >= 0.6 is 0 Å². The number of phenolic OH excluding ortho intramolecular Hbond substituents is 2. The molecule has 0 saturated carbocycles. The highest BCUT2D eigenvalue weighted by Gasteiger charge is 2.14. The van der Waals surface area contributed by atoms with Crippen molar-refractivity contribution in [3.63, 3.8) is 0 Å². The number of phenols is 2. The van der Waals surface area contributed by atoms with Gasteiger partial charge in [-0.2, -0.15) is 4.98 Å². The summed E-state index contributed by atoms with van der Waals surface area (Å²) in [6.45, 7) is 0. The summed E-state index contributed by atoms with van der Waals surface area (Å²) >= 11 is 0. The summed E-state index contributed by atoms with van der Waals surface area (Å²) in [7, 11) is 0. The van der Waals surface area contributed by atoms with E-state index in [0.717, 1.165) is 0 Å². The number of nitrogens with zero attached hydrogens (tertiary/aromatic N) is 2. The molecule has 0 amide bonds. The van der Waals surface area contributed by atoms with Crippen LogP contribution in [0.15, 0.2) is 47.0 Å². The molecule has 100 valence electrons. The van der Waals surface area contributed by atoms with Gasteiger partial charge in [0.1, 0.15) is 17.3 Å². The Morgan fingerprint density at radius 1 is 1.05 bits per heavy atom. The molecule has 0 atom stereocenters. The van der Waals surface area contributed by atoms with Crippen LogP contribution in [0.5, 0.6) is 11.5 Å². The van der Waals surface area contributed by atoms with E-state index in [1.807, 2.05) is 0 Å². The molecule has 6 heteroatoms. The second-order valence-electron chi connectivity index (χ2n) is 4.13. The van der Waals surface area contributed by atoms with Crippen molar-refractivity contribution in [2.75, 3.05) is 0 Å². The third-order valence-corrected chi connectivity index (χ3v) is 2.72. The Balaban J connectivity index is 2.02. The molecule has 1 aromatic heterocycles. The van der Waals surface area contributed by atoms with Crippen molar-refractivity contribution in [2.45, 2.75) is 0 Å². The number of aromatic hydroxyl groups is 2. The molecule has 0 aliphatic carbocycles. The van der Waals surface area contributed by atoms with Gasteiger partial charge in [0.15, 0.2) is 0 Å². The van der Waals surface area contributed by atoms with Gasteiger partial charge in [0.25, 0.3) is 5.89 Å². The first kappa shape index (κ1) is 12.2. The zero-order chi connectivity index (χ0) is 14.1. The van der Waals surface area contributed by atoms with Crippen LogP contribution in [0.1, 0.15) is 0 Å². The summed E-state index contributed by atoms with van der Waals surface area (Å²) in [5.74, 6) is -0.356. The quantitative estimate of drug-likeness (QED) is 0.749. The number of aromatic nitrogens is 2. The van der Waals surface area contributed by atoms with Crippen LogP contribution in [0, 0.1) is 5.82 Å². The maximum absolute atomic E-state index is 13.1. The van der Waals surface area contributed by atoms with Gasteiger partial charge in [0.2, 0.25) is 5.82 Å². The van der Waals surface area contributed by atoms with E-state index < -0.39 is 5.82 Å². The summed E-state index contributed by atoms with van der Waals surface area (Å²) in [5.41, 5.74) is 0.760. The predicted molar refractivity (Wildman–Crippen MR) is 68.5 cm³/mol. The van der Waals surface area contributed by atoms with Crippen LogP contribution in [0.3, 0.4) is 0 Å². The first-order valence-corrected chi connectivity index (χ1v) is 5.75. The molecule has 0 aliphatic heterocycles.